The summed E-state index contributed by atoms with van der Waals surface area (Å²) in [5, 5.41) is 18.5. The van der Waals surface area contributed by atoms with Crippen LogP contribution in [0.3, 0.4) is 0 Å². The molecule has 2 aliphatic heterocycles. The van der Waals surface area contributed by atoms with Gasteiger partial charge in [-0.05, 0) is 19.3 Å². The second-order valence-corrected chi connectivity index (χ2v) is 4.96. The van der Waals surface area contributed by atoms with Crippen molar-refractivity contribution in [1.82, 2.24) is 4.90 Å². The Bertz CT molecular complexity index is 326. The summed E-state index contributed by atoms with van der Waals surface area (Å²) in [5.74, 6) is -1.24. The zero-order valence-corrected chi connectivity index (χ0v) is 10.2. The van der Waals surface area contributed by atoms with Gasteiger partial charge in [-0.3, -0.25) is 4.79 Å². The summed E-state index contributed by atoms with van der Waals surface area (Å²) in [4.78, 5) is 24.2. The molecule has 0 aliphatic carbocycles. The van der Waals surface area contributed by atoms with Gasteiger partial charge in [0.2, 0.25) is 5.91 Å². The molecule has 2 saturated heterocycles. The average Bonchev–Trinajstić information content (AvgIpc) is 2.94. The van der Waals surface area contributed by atoms with Gasteiger partial charge in [-0.2, -0.15) is 0 Å². The van der Waals surface area contributed by atoms with Gasteiger partial charge in [-0.1, -0.05) is 0 Å². The van der Waals surface area contributed by atoms with Crippen molar-refractivity contribution in [2.24, 2.45) is 0 Å². The maximum absolute atomic E-state index is 12.0. The normalized spacial score (nSPS) is 31.8. The summed E-state index contributed by atoms with van der Waals surface area (Å²) in [6.07, 6.45) is 2.46. The molecule has 1 amide bonds. The molecule has 6 heteroatoms. The summed E-state index contributed by atoms with van der Waals surface area (Å²) < 4.78 is 5.42. The molecule has 0 aromatic heterocycles. The summed E-state index contributed by atoms with van der Waals surface area (Å²) in [6, 6.07) is -0.878. The number of carboxylic acids is 1. The molecular weight excluding hydrogens is 238 g/mol. The summed E-state index contributed by atoms with van der Waals surface area (Å²) in [5.41, 5.74) is 0. The number of aliphatic hydroxyl groups excluding tert-OH is 1. The highest BCUT2D eigenvalue weighted by molar-refractivity contribution is 5.84. The number of nitrogens with zero attached hydrogens (tertiary/aromatic N) is 1. The van der Waals surface area contributed by atoms with E-state index in [-0.39, 0.29) is 25.0 Å². The number of carboxylic acid groups (broad SMARTS) is 1. The van der Waals surface area contributed by atoms with E-state index in [4.69, 9.17) is 9.84 Å². The second kappa shape index (κ2) is 5.67. The molecule has 0 bridgehead atoms. The van der Waals surface area contributed by atoms with Crippen LogP contribution < -0.4 is 0 Å². The van der Waals surface area contributed by atoms with E-state index in [2.05, 4.69) is 0 Å². The zero-order chi connectivity index (χ0) is 13.1. The molecular formula is C12H19NO5. The van der Waals surface area contributed by atoms with Gasteiger partial charge in [0.15, 0.2) is 0 Å². The topological polar surface area (TPSA) is 87.1 Å². The fourth-order valence-electron chi connectivity index (χ4n) is 2.62. The number of aliphatic hydroxyl groups is 1. The third kappa shape index (κ3) is 3.00. The fraction of sp³-hybridized carbons (Fsp3) is 0.833. The van der Waals surface area contributed by atoms with Gasteiger partial charge in [0.05, 0.1) is 12.2 Å². The van der Waals surface area contributed by atoms with Crippen molar-refractivity contribution in [3.63, 3.8) is 0 Å². The van der Waals surface area contributed by atoms with Crippen molar-refractivity contribution in [2.45, 2.75) is 50.4 Å². The summed E-state index contributed by atoms with van der Waals surface area (Å²) in [7, 11) is 0. The van der Waals surface area contributed by atoms with Crippen LogP contribution in [0.1, 0.15) is 32.1 Å². The number of β-amino-alcohol motifs (C(OH)–C–C–N with tert-alkyl or cyclic N) is 1. The highest BCUT2D eigenvalue weighted by atomic mass is 16.5. The van der Waals surface area contributed by atoms with Gasteiger partial charge in [0.1, 0.15) is 6.04 Å². The van der Waals surface area contributed by atoms with Crippen molar-refractivity contribution in [3.05, 3.63) is 0 Å². The summed E-state index contributed by atoms with van der Waals surface area (Å²) in [6.45, 7) is 0.875. The number of carbonyl (C=O) groups excluding carboxylic acids is 1. The lowest BCUT2D eigenvalue weighted by Crippen LogP contribution is -2.40. The lowest BCUT2D eigenvalue weighted by Gasteiger charge is -2.21. The number of hydrogen-bond donors (Lipinski definition) is 2. The number of ether oxygens (including phenoxy) is 1. The Morgan fingerprint density at radius 1 is 1.39 bits per heavy atom. The van der Waals surface area contributed by atoms with Gasteiger partial charge in [0, 0.05) is 26.0 Å². The Kier molecular flexibility index (Phi) is 4.19. The predicted molar refractivity (Wildman–Crippen MR) is 62.0 cm³/mol. The van der Waals surface area contributed by atoms with Gasteiger partial charge >= 0.3 is 5.97 Å². The van der Waals surface area contributed by atoms with Crippen molar-refractivity contribution in [2.75, 3.05) is 13.2 Å². The smallest absolute Gasteiger partial charge is 0.326 e. The van der Waals surface area contributed by atoms with E-state index in [1.165, 1.54) is 4.90 Å². The molecule has 0 aromatic carbocycles. The van der Waals surface area contributed by atoms with Crippen molar-refractivity contribution < 1.29 is 24.5 Å². The first-order chi connectivity index (χ1) is 8.58. The highest BCUT2D eigenvalue weighted by Crippen LogP contribution is 2.22. The molecule has 102 valence electrons. The minimum atomic E-state index is -1.04. The monoisotopic (exact) mass is 257 g/mol. The standard InChI is InChI=1S/C12H19NO5/c14-8-6-10(12(16)17)13(7-8)11(15)4-3-9-2-1-5-18-9/h8-10,14H,1-7H2,(H,16,17)/t8?,9?,10-/m0/s1. The minimum absolute atomic E-state index is 0.126. The first kappa shape index (κ1) is 13.3. The molecule has 2 rings (SSSR count). The molecule has 0 aromatic rings. The van der Waals surface area contributed by atoms with Crippen LogP contribution in [-0.2, 0) is 14.3 Å². The third-order valence-electron chi connectivity index (χ3n) is 3.59. The zero-order valence-electron chi connectivity index (χ0n) is 10.2. The lowest BCUT2D eigenvalue weighted by atomic mass is 10.1. The molecule has 3 atom stereocenters. The fourth-order valence-corrected chi connectivity index (χ4v) is 2.62. The Balaban J connectivity index is 1.85. The Hall–Kier alpha value is -1.14. The van der Waals surface area contributed by atoms with Gasteiger partial charge in [-0.15, -0.1) is 0 Å². The average molecular weight is 257 g/mol. The quantitative estimate of drug-likeness (QED) is 0.739. The lowest BCUT2D eigenvalue weighted by molar-refractivity contribution is -0.148. The summed E-state index contributed by atoms with van der Waals surface area (Å²) >= 11 is 0. The Labute approximate surface area is 106 Å². The van der Waals surface area contributed by atoms with Crippen LogP contribution in [0.2, 0.25) is 0 Å². The van der Waals surface area contributed by atoms with Crippen LogP contribution in [0, 0.1) is 0 Å². The van der Waals surface area contributed by atoms with Gasteiger partial charge in [0.25, 0.3) is 0 Å². The van der Waals surface area contributed by atoms with E-state index in [0.717, 1.165) is 19.4 Å². The van der Waals surface area contributed by atoms with E-state index >= 15 is 0 Å². The maximum Gasteiger partial charge on any atom is 0.326 e. The molecule has 2 heterocycles. The van der Waals surface area contributed by atoms with Crippen LogP contribution in [0.5, 0.6) is 0 Å². The number of aliphatic carboxylic acids is 1. The predicted octanol–water partition coefficient (Wildman–Crippen LogP) is -0.00800. The highest BCUT2D eigenvalue weighted by Gasteiger charge is 2.38. The first-order valence-corrected chi connectivity index (χ1v) is 6.40. The van der Waals surface area contributed by atoms with Crippen LogP contribution >= 0.6 is 0 Å². The van der Waals surface area contributed by atoms with Crippen molar-refractivity contribution in [3.8, 4) is 0 Å². The molecule has 6 nitrogen and oxygen atoms in total. The maximum atomic E-state index is 12.0. The number of amides is 1. The SMILES string of the molecule is O=C(O)[C@@H]1CC(O)CN1C(=O)CCC1CCCO1. The van der Waals surface area contributed by atoms with E-state index in [1.54, 1.807) is 0 Å². The third-order valence-corrected chi connectivity index (χ3v) is 3.59. The molecule has 2 unspecified atom stereocenters. The van der Waals surface area contributed by atoms with E-state index in [9.17, 15) is 14.7 Å². The largest absolute Gasteiger partial charge is 0.480 e. The Morgan fingerprint density at radius 3 is 2.78 bits per heavy atom. The number of likely N-dealkylation sites (tertiary alicyclic amines) is 1. The first-order valence-electron chi connectivity index (χ1n) is 6.40. The molecule has 0 radical (unpaired) electrons. The minimum Gasteiger partial charge on any atom is -0.480 e. The second-order valence-electron chi connectivity index (χ2n) is 4.96. The van der Waals surface area contributed by atoms with Crippen LogP contribution in [0.25, 0.3) is 0 Å². The van der Waals surface area contributed by atoms with Crippen molar-refractivity contribution in [1.29, 1.82) is 0 Å². The van der Waals surface area contributed by atoms with Crippen molar-refractivity contribution >= 4 is 11.9 Å². The molecule has 2 aliphatic rings. The molecule has 2 N–H and O–H groups in total. The number of carbonyl (C=O) groups is 2. The van der Waals surface area contributed by atoms with Crippen LogP contribution in [0.4, 0.5) is 0 Å². The van der Waals surface area contributed by atoms with Crippen LogP contribution in [0.15, 0.2) is 0 Å². The van der Waals surface area contributed by atoms with E-state index < -0.39 is 18.1 Å². The van der Waals surface area contributed by atoms with Gasteiger partial charge < -0.3 is 19.8 Å². The van der Waals surface area contributed by atoms with Gasteiger partial charge in [-0.25, -0.2) is 4.79 Å². The van der Waals surface area contributed by atoms with Crippen LogP contribution in [-0.4, -0.2) is 58.4 Å². The number of rotatable bonds is 4. The molecule has 18 heavy (non-hydrogen) atoms. The molecule has 2 fully saturated rings. The Morgan fingerprint density at radius 2 is 2.17 bits per heavy atom. The van der Waals surface area contributed by atoms with E-state index in [0.29, 0.717) is 12.8 Å². The van der Waals surface area contributed by atoms with E-state index in [1.807, 2.05) is 0 Å². The number of hydrogen-bond acceptors (Lipinski definition) is 4. The molecule has 0 spiro atoms. The molecule has 0 saturated carbocycles.